The van der Waals surface area contributed by atoms with Gasteiger partial charge in [-0.1, -0.05) is 44.9 Å². The maximum absolute atomic E-state index is 13.8. The second-order valence-corrected chi connectivity index (χ2v) is 10.5. The fourth-order valence-corrected chi connectivity index (χ4v) is 6.41. The van der Waals surface area contributed by atoms with Gasteiger partial charge >= 0.3 is 11.9 Å². The Morgan fingerprint density at radius 1 is 1.03 bits per heavy atom. The molecule has 8 heteroatoms. The molecule has 0 radical (unpaired) electrons. The second-order valence-electron chi connectivity index (χ2n) is 10.5. The summed E-state index contributed by atoms with van der Waals surface area (Å²) in [6, 6.07) is -1.94. The van der Waals surface area contributed by atoms with Gasteiger partial charge in [0, 0.05) is 6.04 Å². The number of esters is 1. The molecule has 0 aromatic carbocycles. The van der Waals surface area contributed by atoms with Crippen molar-refractivity contribution in [1.82, 2.24) is 10.2 Å². The molecule has 4 N–H and O–H groups in total. The first-order chi connectivity index (χ1) is 16.5. The zero-order valence-electron chi connectivity index (χ0n) is 20.9. The number of aliphatic carboxylic acids is 1. The average molecular weight is 480 g/mol. The molecule has 1 heterocycles. The molecule has 3 fully saturated rings. The first kappa shape index (κ1) is 26.9. The molecule has 2 aliphatic carbocycles. The Morgan fingerprint density at radius 3 is 2.47 bits per heavy atom. The minimum Gasteiger partial charge on any atom is -0.480 e. The van der Waals surface area contributed by atoms with Gasteiger partial charge in [-0.05, 0) is 70.3 Å². The number of fused-ring (bicyclic) bond motifs is 1. The van der Waals surface area contributed by atoms with E-state index < -0.39 is 24.1 Å². The van der Waals surface area contributed by atoms with Crippen LogP contribution >= 0.6 is 0 Å². The largest absolute Gasteiger partial charge is 0.480 e. The molecular weight excluding hydrogens is 434 g/mol. The van der Waals surface area contributed by atoms with Crippen molar-refractivity contribution in [1.29, 1.82) is 0 Å². The Bertz CT molecular complexity index is 681. The zero-order valence-corrected chi connectivity index (χ0v) is 20.9. The summed E-state index contributed by atoms with van der Waals surface area (Å²) in [4.78, 5) is 40.4. The summed E-state index contributed by atoms with van der Waals surface area (Å²) < 4.78 is 5.36. The Hall–Kier alpha value is -1.67. The number of unbranched alkanes of at least 4 members (excludes halogenated alkanes) is 1. The minimum atomic E-state index is -0.928. The smallest absolute Gasteiger partial charge is 0.326 e. The predicted molar refractivity (Wildman–Crippen MR) is 130 cm³/mol. The Morgan fingerprint density at radius 2 is 1.79 bits per heavy atom. The number of hydrogen-bond donors (Lipinski definition) is 3. The molecule has 2 saturated carbocycles. The van der Waals surface area contributed by atoms with Crippen LogP contribution in [-0.4, -0.2) is 65.2 Å². The van der Waals surface area contributed by atoms with Crippen molar-refractivity contribution < 1.29 is 24.2 Å². The summed E-state index contributed by atoms with van der Waals surface area (Å²) >= 11 is 0. The van der Waals surface area contributed by atoms with Crippen molar-refractivity contribution >= 4 is 17.8 Å². The van der Waals surface area contributed by atoms with Crippen LogP contribution in [0.4, 0.5) is 0 Å². The second kappa shape index (κ2) is 13.4. The van der Waals surface area contributed by atoms with E-state index in [1.165, 1.54) is 32.1 Å². The molecule has 0 bridgehead atoms. The van der Waals surface area contributed by atoms with E-state index in [0.717, 1.165) is 38.5 Å². The quantitative estimate of drug-likeness (QED) is 0.274. The van der Waals surface area contributed by atoms with Crippen molar-refractivity contribution in [3.05, 3.63) is 0 Å². The van der Waals surface area contributed by atoms with Crippen LogP contribution in [0.25, 0.3) is 0 Å². The first-order valence-corrected chi connectivity index (χ1v) is 13.6. The summed E-state index contributed by atoms with van der Waals surface area (Å²) in [6.07, 6.45) is 13.2. The van der Waals surface area contributed by atoms with Gasteiger partial charge in [-0.15, -0.1) is 0 Å². The number of carbonyl (C=O) groups is 3. The monoisotopic (exact) mass is 479 g/mol. The Labute approximate surface area is 204 Å². The maximum Gasteiger partial charge on any atom is 0.326 e. The highest BCUT2D eigenvalue weighted by Crippen LogP contribution is 2.42. The summed E-state index contributed by atoms with van der Waals surface area (Å²) in [5.41, 5.74) is 5.70. The number of hydrogen-bond acceptors (Lipinski definition) is 6. The molecule has 3 rings (SSSR count). The van der Waals surface area contributed by atoms with Gasteiger partial charge in [0.1, 0.15) is 12.1 Å². The van der Waals surface area contributed by atoms with Crippen LogP contribution in [0.5, 0.6) is 0 Å². The van der Waals surface area contributed by atoms with E-state index in [9.17, 15) is 19.5 Å². The van der Waals surface area contributed by atoms with Gasteiger partial charge in [-0.25, -0.2) is 4.79 Å². The lowest BCUT2D eigenvalue weighted by molar-refractivity contribution is -0.152. The van der Waals surface area contributed by atoms with E-state index in [-0.39, 0.29) is 23.8 Å². The topological polar surface area (TPSA) is 122 Å². The van der Waals surface area contributed by atoms with Gasteiger partial charge in [-0.3, -0.25) is 14.9 Å². The fourth-order valence-electron chi connectivity index (χ4n) is 6.41. The molecule has 194 valence electrons. The lowest BCUT2D eigenvalue weighted by atomic mass is 9.85. The van der Waals surface area contributed by atoms with Crippen molar-refractivity contribution in [3.8, 4) is 0 Å². The third-order valence-electron chi connectivity index (χ3n) is 8.18. The molecule has 3 aliphatic rings. The van der Waals surface area contributed by atoms with Crippen LogP contribution in [0.3, 0.4) is 0 Å². The lowest BCUT2D eigenvalue weighted by Gasteiger charge is -2.33. The standard InChI is InChI=1S/C26H45N3O5/c1-2-34-26(33)21(15-14-18-9-4-3-5-10-18)28-20(12-6-7-16-27)24(30)29-22-13-8-11-19(22)17-23(29)25(31)32/h18-23,28H,2-17,27H2,1H3,(H,31,32)/t19-,20+,21?,22+,23+/m1/s1. The fraction of sp³-hybridized carbons (Fsp3) is 0.885. The number of nitrogens with zero attached hydrogens (tertiary/aromatic N) is 1. The number of ether oxygens (including phenoxy) is 1. The molecule has 8 nitrogen and oxygen atoms in total. The van der Waals surface area contributed by atoms with Gasteiger partial charge in [-0.2, -0.15) is 0 Å². The van der Waals surface area contributed by atoms with Crippen molar-refractivity contribution in [2.45, 2.75) is 121 Å². The molecule has 0 aromatic heterocycles. The van der Waals surface area contributed by atoms with E-state index in [0.29, 0.717) is 38.3 Å². The van der Waals surface area contributed by atoms with Crippen molar-refractivity contribution in [3.63, 3.8) is 0 Å². The maximum atomic E-state index is 13.8. The molecule has 5 atom stereocenters. The van der Waals surface area contributed by atoms with Crippen LogP contribution in [0.1, 0.15) is 96.8 Å². The van der Waals surface area contributed by atoms with E-state index in [1.54, 1.807) is 11.8 Å². The number of carboxylic acids is 1. The first-order valence-electron chi connectivity index (χ1n) is 13.6. The number of nitrogens with two attached hydrogens (primary N) is 1. The number of likely N-dealkylation sites (tertiary alicyclic amines) is 1. The SMILES string of the molecule is CCOC(=O)C(CCC1CCCCC1)N[C@@H](CCCCN)C(=O)N1[C@H](C(=O)O)C[C@H]2CCC[C@@H]21. The van der Waals surface area contributed by atoms with Gasteiger partial charge in [0.25, 0.3) is 0 Å². The third-order valence-corrected chi connectivity index (χ3v) is 8.18. The number of carboxylic acid groups (broad SMARTS) is 1. The van der Waals surface area contributed by atoms with E-state index in [4.69, 9.17) is 10.5 Å². The summed E-state index contributed by atoms with van der Waals surface area (Å²) in [7, 11) is 0. The van der Waals surface area contributed by atoms with Crippen LogP contribution in [0.2, 0.25) is 0 Å². The number of nitrogens with one attached hydrogen (secondary N) is 1. The van der Waals surface area contributed by atoms with Gasteiger partial charge in [0.05, 0.1) is 12.6 Å². The molecule has 0 spiro atoms. The number of carbonyl (C=O) groups excluding carboxylic acids is 2. The molecule has 1 saturated heterocycles. The molecule has 1 aliphatic heterocycles. The van der Waals surface area contributed by atoms with Crippen LogP contribution in [0.15, 0.2) is 0 Å². The van der Waals surface area contributed by atoms with Gasteiger partial charge in [0.2, 0.25) is 5.91 Å². The van der Waals surface area contributed by atoms with Crippen LogP contribution < -0.4 is 11.1 Å². The molecule has 1 unspecified atom stereocenters. The molecule has 34 heavy (non-hydrogen) atoms. The number of rotatable bonds is 13. The highest BCUT2D eigenvalue weighted by molar-refractivity contribution is 5.89. The molecule has 1 amide bonds. The highest BCUT2D eigenvalue weighted by Gasteiger charge is 2.50. The Kier molecular flexibility index (Phi) is 10.6. The average Bonchev–Trinajstić information content (AvgIpc) is 3.42. The zero-order chi connectivity index (χ0) is 24.5. The minimum absolute atomic E-state index is 0.00399. The van der Waals surface area contributed by atoms with E-state index in [1.807, 2.05) is 0 Å². The lowest BCUT2D eigenvalue weighted by Crippen LogP contribution is -2.56. The third kappa shape index (κ3) is 6.94. The molecule has 0 aromatic rings. The molecular formula is C26H45N3O5. The van der Waals surface area contributed by atoms with Crippen LogP contribution in [0, 0.1) is 11.8 Å². The normalized spacial score (nSPS) is 26.8. The summed E-state index contributed by atoms with van der Waals surface area (Å²) in [6.45, 7) is 2.63. The van der Waals surface area contributed by atoms with Gasteiger partial charge in [0.15, 0.2) is 0 Å². The number of amides is 1. The van der Waals surface area contributed by atoms with E-state index >= 15 is 0 Å². The van der Waals surface area contributed by atoms with Crippen molar-refractivity contribution in [2.75, 3.05) is 13.2 Å². The highest BCUT2D eigenvalue weighted by atomic mass is 16.5. The van der Waals surface area contributed by atoms with Gasteiger partial charge < -0.3 is 20.5 Å². The van der Waals surface area contributed by atoms with Crippen molar-refractivity contribution in [2.24, 2.45) is 17.6 Å². The van der Waals surface area contributed by atoms with E-state index in [2.05, 4.69) is 5.32 Å². The summed E-state index contributed by atoms with van der Waals surface area (Å²) in [5.74, 6) is -0.534. The Balaban J connectivity index is 1.74. The summed E-state index contributed by atoms with van der Waals surface area (Å²) in [5, 5.41) is 13.2. The predicted octanol–water partition coefficient (Wildman–Crippen LogP) is 3.22. The van der Waals surface area contributed by atoms with Crippen LogP contribution in [-0.2, 0) is 19.1 Å².